The summed E-state index contributed by atoms with van der Waals surface area (Å²) in [5, 5.41) is 14.8. The number of para-hydroxylation sites is 1. The van der Waals surface area contributed by atoms with Crippen molar-refractivity contribution in [2.45, 2.75) is 0 Å². The fourth-order valence-electron chi connectivity index (χ4n) is 2.52. The van der Waals surface area contributed by atoms with Gasteiger partial charge in [0, 0.05) is 11.8 Å². The Morgan fingerprint density at radius 3 is 2.25 bits per heavy atom. The molecule has 5 heteroatoms. The topological polar surface area (TPSA) is 63.8 Å². The van der Waals surface area contributed by atoms with Crippen molar-refractivity contribution in [1.82, 2.24) is 19.7 Å². The van der Waals surface area contributed by atoms with Gasteiger partial charge < -0.3 is 5.11 Å². The molecule has 0 amide bonds. The fraction of sp³-hybridized carbons (Fsp3) is 0. The number of hydrogen-bond acceptors (Lipinski definition) is 4. The van der Waals surface area contributed by atoms with Crippen LogP contribution in [0.5, 0.6) is 5.75 Å². The fourth-order valence-corrected chi connectivity index (χ4v) is 2.52. The minimum atomic E-state index is 0.0710. The molecule has 4 aromatic rings. The molecule has 0 fully saturated rings. The van der Waals surface area contributed by atoms with E-state index >= 15 is 0 Å². The molecule has 0 saturated heterocycles. The molecule has 0 aliphatic rings. The van der Waals surface area contributed by atoms with Gasteiger partial charge in [-0.2, -0.15) is 0 Å². The predicted molar refractivity (Wildman–Crippen MR) is 91.7 cm³/mol. The van der Waals surface area contributed by atoms with E-state index in [-0.39, 0.29) is 5.75 Å². The van der Waals surface area contributed by atoms with E-state index in [1.807, 2.05) is 60.7 Å². The molecule has 116 valence electrons. The van der Waals surface area contributed by atoms with Crippen LogP contribution in [-0.2, 0) is 0 Å². The second kappa shape index (κ2) is 5.96. The first-order chi connectivity index (χ1) is 11.8. The largest absolute Gasteiger partial charge is 0.506 e. The van der Waals surface area contributed by atoms with E-state index in [1.165, 1.54) is 6.20 Å². The number of benzene rings is 2. The highest BCUT2D eigenvalue weighted by Gasteiger charge is 2.17. The quantitative estimate of drug-likeness (QED) is 0.626. The zero-order valence-electron chi connectivity index (χ0n) is 12.7. The Kier molecular flexibility index (Phi) is 3.51. The molecule has 0 spiro atoms. The Hall–Kier alpha value is -3.47. The van der Waals surface area contributed by atoms with Crippen molar-refractivity contribution in [1.29, 1.82) is 0 Å². The van der Waals surface area contributed by atoms with Crippen LogP contribution in [0.15, 0.2) is 79.1 Å². The van der Waals surface area contributed by atoms with Gasteiger partial charge in [0.1, 0.15) is 5.75 Å². The van der Waals surface area contributed by atoms with Crippen molar-refractivity contribution in [3.63, 3.8) is 0 Å². The Balaban J connectivity index is 1.94. The van der Waals surface area contributed by atoms with Gasteiger partial charge in [-0.05, 0) is 18.2 Å². The lowest BCUT2D eigenvalue weighted by Gasteiger charge is -2.06. The molecule has 5 nitrogen and oxygen atoms in total. The first-order valence-corrected chi connectivity index (χ1v) is 7.54. The highest BCUT2D eigenvalue weighted by atomic mass is 16.3. The summed E-state index contributed by atoms with van der Waals surface area (Å²) in [6.45, 7) is 0. The average molecular weight is 314 g/mol. The first kappa shape index (κ1) is 14.1. The van der Waals surface area contributed by atoms with Gasteiger partial charge >= 0.3 is 0 Å². The Morgan fingerprint density at radius 1 is 0.833 bits per heavy atom. The summed E-state index contributed by atoms with van der Waals surface area (Å²) in [5.74, 6) is 1.24. The van der Waals surface area contributed by atoms with E-state index in [0.717, 1.165) is 11.3 Å². The van der Waals surface area contributed by atoms with Gasteiger partial charge in [0.05, 0.1) is 17.4 Å². The molecule has 24 heavy (non-hydrogen) atoms. The van der Waals surface area contributed by atoms with Crippen LogP contribution in [0.3, 0.4) is 0 Å². The highest BCUT2D eigenvalue weighted by Crippen LogP contribution is 2.30. The maximum atomic E-state index is 10.2. The molecule has 2 aromatic carbocycles. The van der Waals surface area contributed by atoms with Crippen LogP contribution in [0.1, 0.15) is 0 Å². The van der Waals surface area contributed by atoms with Crippen LogP contribution in [0.4, 0.5) is 0 Å². The molecule has 0 bridgehead atoms. The third-order valence-corrected chi connectivity index (χ3v) is 3.68. The number of aromatic hydroxyl groups is 1. The lowest BCUT2D eigenvalue weighted by molar-refractivity contribution is 0.474. The standard InChI is InChI=1S/C19H14N4O/c24-17-13-20-12-11-16(17)19-21-18(14-7-3-1-4-8-14)22-23(19)15-9-5-2-6-10-15/h1-13,24H. The SMILES string of the molecule is Oc1cnccc1-c1nc(-c2ccccc2)nn1-c1ccccc1. The van der Waals surface area contributed by atoms with Crippen LogP contribution in [0.2, 0.25) is 0 Å². The summed E-state index contributed by atoms with van der Waals surface area (Å²) < 4.78 is 1.73. The van der Waals surface area contributed by atoms with Gasteiger partial charge in [-0.15, -0.1) is 5.10 Å². The van der Waals surface area contributed by atoms with Crippen LogP contribution in [0, 0.1) is 0 Å². The predicted octanol–water partition coefficient (Wildman–Crippen LogP) is 3.70. The molecule has 2 heterocycles. The van der Waals surface area contributed by atoms with Gasteiger partial charge in [0.2, 0.25) is 0 Å². The lowest BCUT2D eigenvalue weighted by Crippen LogP contribution is -1.99. The third kappa shape index (κ3) is 2.52. The molecule has 0 unspecified atom stereocenters. The van der Waals surface area contributed by atoms with Crippen molar-refractivity contribution in [3.8, 4) is 34.2 Å². The van der Waals surface area contributed by atoms with Gasteiger partial charge in [-0.1, -0.05) is 48.5 Å². The van der Waals surface area contributed by atoms with Crippen LogP contribution in [-0.4, -0.2) is 24.9 Å². The Labute approximate surface area is 138 Å². The van der Waals surface area contributed by atoms with Crippen molar-refractivity contribution in [2.24, 2.45) is 0 Å². The van der Waals surface area contributed by atoms with Gasteiger partial charge in [0.25, 0.3) is 0 Å². The van der Waals surface area contributed by atoms with Gasteiger partial charge in [-0.25, -0.2) is 9.67 Å². The van der Waals surface area contributed by atoms with Crippen LogP contribution in [0.25, 0.3) is 28.5 Å². The van der Waals surface area contributed by atoms with Crippen molar-refractivity contribution < 1.29 is 5.11 Å². The van der Waals surface area contributed by atoms with E-state index in [0.29, 0.717) is 17.2 Å². The number of aromatic nitrogens is 4. The normalized spacial score (nSPS) is 10.7. The third-order valence-electron chi connectivity index (χ3n) is 3.68. The van der Waals surface area contributed by atoms with Crippen molar-refractivity contribution in [2.75, 3.05) is 0 Å². The van der Waals surface area contributed by atoms with Gasteiger partial charge in [0.15, 0.2) is 11.6 Å². The monoisotopic (exact) mass is 314 g/mol. The molecule has 0 atom stereocenters. The molecule has 0 aliphatic heterocycles. The second-order valence-electron chi connectivity index (χ2n) is 5.27. The molecule has 0 radical (unpaired) electrons. The molecule has 4 rings (SSSR count). The number of nitrogens with zero attached hydrogens (tertiary/aromatic N) is 4. The lowest BCUT2D eigenvalue weighted by atomic mass is 10.2. The summed E-state index contributed by atoms with van der Waals surface area (Å²) in [7, 11) is 0. The highest BCUT2D eigenvalue weighted by molar-refractivity contribution is 5.67. The van der Waals surface area contributed by atoms with E-state index in [4.69, 9.17) is 0 Å². The molecule has 0 aliphatic carbocycles. The number of hydrogen-bond donors (Lipinski definition) is 1. The number of pyridine rings is 1. The van der Waals surface area contributed by atoms with E-state index in [9.17, 15) is 5.11 Å². The first-order valence-electron chi connectivity index (χ1n) is 7.54. The summed E-state index contributed by atoms with van der Waals surface area (Å²) >= 11 is 0. The summed E-state index contributed by atoms with van der Waals surface area (Å²) in [5.41, 5.74) is 2.38. The summed E-state index contributed by atoms with van der Waals surface area (Å²) in [4.78, 5) is 8.58. The maximum Gasteiger partial charge on any atom is 0.182 e. The smallest absolute Gasteiger partial charge is 0.182 e. The minimum absolute atomic E-state index is 0.0710. The van der Waals surface area contributed by atoms with Gasteiger partial charge in [-0.3, -0.25) is 4.98 Å². The van der Waals surface area contributed by atoms with E-state index in [2.05, 4.69) is 15.1 Å². The summed E-state index contributed by atoms with van der Waals surface area (Å²) in [6.07, 6.45) is 3.03. The zero-order valence-corrected chi connectivity index (χ0v) is 12.7. The van der Waals surface area contributed by atoms with Crippen molar-refractivity contribution in [3.05, 3.63) is 79.1 Å². The average Bonchev–Trinajstić information content (AvgIpc) is 3.09. The summed E-state index contributed by atoms with van der Waals surface area (Å²) in [6, 6.07) is 21.2. The molecular formula is C19H14N4O. The van der Waals surface area contributed by atoms with E-state index < -0.39 is 0 Å². The van der Waals surface area contributed by atoms with E-state index in [1.54, 1.807) is 16.9 Å². The van der Waals surface area contributed by atoms with Crippen molar-refractivity contribution >= 4 is 0 Å². The molecule has 2 aromatic heterocycles. The van der Waals surface area contributed by atoms with Crippen LogP contribution >= 0.6 is 0 Å². The molecular weight excluding hydrogens is 300 g/mol. The minimum Gasteiger partial charge on any atom is -0.506 e. The maximum absolute atomic E-state index is 10.2. The Bertz CT molecular complexity index is 965. The van der Waals surface area contributed by atoms with Crippen LogP contribution < -0.4 is 0 Å². The zero-order chi connectivity index (χ0) is 16.4. The second-order valence-corrected chi connectivity index (χ2v) is 5.27. The molecule has 1 N–H and O–H groups in total. The molecule has 0 saturated carbocycles. The Morgan fingerprint density at radius 2 is 1.54 bits per heavy atom. The number of rotatable bonds is 3.